The van der Waals surface area contributed by atoms with Gasteiger partial charge in [0.1, 0.15) is 12.0 Å². The molecule has 0 aliphatic carbocycles. The van der Waals surface area contributed by atoms with Gasteiger partial charge in [-0.05, 0) is 72.9 Å². The molecule has 2 heterocycles. The van der Waals surface area contributed by atoms with Gasteiger partial charge in [-0.1, -0.05) is 36.4 Å². The number of carbonyl (C=O) groups is 3. The van der Waals surface area contributed by atoms with Gasteiger partial charge in [0.15, 0.2) is 0 Å². The summed E-state index contributed by atoms with van der Waals surface area (Å²) in [4.78, 5) is 42.9. The molecule has 2 aliphatic rings. The van der Waals surface area contributed by atoms with Crippen LogP contribution in [0.25, 0.3) is 5.57 Å². The number of rotatable bonds is 12. The van der Waals surface area contributed by atoms with Crippen LogP contribution in [0, 0.1) is 5.41 Å². The van der Waals surface area contributed by atoms with Crippen LogP contribution in [0.1, 0.15) is 48.3 Å². The fraction of sp³-hybridized carbons (Fsp3) is 0.351. The van der Waals surface area contributed by atoms with E-state index in [0.29, 0.717) is 30.0 Å². The van der Waals surface area contributed by atoms with Crippen LogP contribution < -0.4 is 20.9 Å². The number of aromatic hydroxyl groups is 1. The zero-order chi connectivity index (χ0) is 33.3. The number of piperidine rings is 1. The number of likely N-dealkylation sites (N-methyl/N-ethyl adjacent to an activating group) is 1. The summed E-state index contributed by atoms with van der Waals surface area (Å²) in [7, 11) is 1.63. The molecule has 2 aliphatic heterocycles. The Kier molecular flexibility index (Phi) is 11.1. The third-order valence-electron chi connectivity index (χ3n) is 9.38. The molecule has 2 saturated heterocycles. The molecule has 3 aromatic rings. The van der Waals surface area contributed by atoms with Crippen LogP contribution in [0.15, 0.2) is 78.9 Å². The van der Waals surface area contributed by atoms with Gasteiger partial charge >= 0.3 is 0 Å². The van der Waals surface area contributed by atoms with Gasteiger partial charge in [-0.3, -0.25) is 14.5 Å². The summed E-state index contributed by atoms with van der Waals surface area (Å²) in [5.74, 6) is -1.03. The first-order chi connectivity index (χ1) is 22.8. The first kappa shape index (κ1) is 33.4. The molecule has 47 heavy (non-hydrogen) atoms. The van der Waals surface area contributed by atoms with Crippen molar-refractivity contribution < 1.29 is 19.5 Å². The second-order valence-electron chi connectivity index (χ2n) is 12.1. The van der Waals surface area contributed by atoms with Crippen LogP contribution >= 0.6 is 0 Å². The van der Waals surface area contributed by atoms with Crippen LogP contribution in [0.2, 0.25) is 0 Å². The van der Waals surface area contributed by atoms with Gasteiger partial charge in [-0.15, -0.1) is 0 Å². The van der Waals surface area contributed by atoms with Gasteiger partial charge in [0.25, 0.3) is 0 Å². The molecule has 1 unspecified atom stereocenters. The lowest BCUT2D eigenvalue weighted by Gasteiger charge is -2.44. The second-order valence-corrected chi connectivity index (χ2v) is 12.1. The Balaban J connectivity index is 1.13. The number of benzene rings is 3. The first-order valence-corrected chi connectivity index (χ1v) is 16.3. The summed E-state index contributed by atoms with van der Waals surface area (Å²) in [6.07, 6.45) is 5.28. The van der Waals surface area contributed by atoms with Gasteiger partial charge in [0, 0.05) is 81.3 Å². The number of hydrogen-bond donors (Lipinski definition) is 4. The van der Waals surface area contributed by atoms with Crippen LogP contribution in [0.3, 0.4) is 0 Å². The normalized spacial score (nSPS) is 16.8. The summed E-state index contributed by atoms with van der Waals surface area (Å²) in [6, 6.07) is 23.0. The van der Waals surface area contributed by atoms with Crippen molar-refractivity contribution in [2.24, 2.45) is 5.73 Å². The maximum Gasteiger partial charge on any atom is 0.249 e. The minimum Gasteiger partial charge on any atom is -0.507 e. The van der Waals surface area contributed by atoms with Crippen molar-refractivity contribution in [3.8, 4) is 5.75 Å². The standard InChI is InChI=1S/C37H44N6O4/c1-40-37(47)31(6-4-24-44)26-8-12-29(13-9-26)42-20-22-43(23-21-42)30-16-18-41(19-17-30)28-14-10-27(11-15-28)33(36(39)46)25-34(38)32-5-2-3-7-35(32)45/h2-3,5,7-15,24-25,30-31,38,45H,4,6,16-23H2,1H3,(H2,39,46)(H,40,47)/b33-25-,38-34?. The predicted octanol–water partition coefficient (Wildman–Crippen LogP) is 3.93. The number of piperazine rings is 1. The van der Waals surface area contributed by atoms with E-state index in [-0.39, 0.29) is 28.9 Å². The van der Waals surface area contributed by atoms with E-state index in [9.17, 15) is 19.5 Å². The number of para-hydroxylation sites is 1. The monoisotopic (exact) mass is 636 g/mol. The molecule has 3 aromatic carbocycles. The number of carbonyl (C=O) groups excluding carboxylic acids is 3. The van der Waals surface area contributed by atoms with E-state index in [1.807, 2.05) is 36.4 Å². The Bertz CT molecular complexity index is 1590. The SMILES string of the molecule is CNC(=O)C(CCC=O)c1ccc(N2CCN(C3CCN(c4ccc(/C(=C/C(=N)c5ccccc5O)C(N)=O)cc4)CC3)CC2)cc1. The lowest BCUT2D eigenvalue weighted by atomic mass is 9.93. The van der Waals surface area contributed by atoms with Crippen molar-refractivity contribution >= 4 is 40.8 Å². The second kappa shape index (κ2) is 15.6. The highest BCUT2D eigenvalue weighted by atomic mass is 16.3. The van der Waals surface area contributed by atoms with Crippen LogP contribution in [0.5, 0.6) is 5.75 Å². The Morgan fingerprint density at radius 3 is 2.09 bits per heavy atom. The van der Waals surface area contributed by atoms with Crippen molar-refractivity contribution in [1.82, 2.24) is 10.2 Å². The molecule has 2 amide bonds. The summed E-state index contributed by atoms with van der Waals surface area (Å²) >= 11 is 0. The van der Waals surface area contributed by atoms with Crippen LogP contribution in [0.4, 0.5) is 11.4 Å². The molecular weight excluding hydrogens is 592 g/mol. The minimum atomic E-state index is -0.628. The molecular formula is C37H44N6O4. The number of anilines is 2. The van der Waals surface area contributed by atoms with Crippen LogP contribution in [-0.2, 0) is 14.4 Å². The van der Waals surface area contributed by atoms with Gasteiger partial charge in [-0.2, -0.15) is 0 Å². The quantitative estimate of drug-likeness (QED) is 0.134. The summed E-state index contributed by atoms with van der Waals surface area (Å²) in [6.45, 7) is 5.78. The molecule has 0 aromatic heterocycles. The van der Waals surface area contributed by atoms with Gasteiger partial charge in [-0.25, -0.2) is 0 Å². The minimum absolute atomic E-state index is 0.0141. The molecule has 246 valence electrons. The number of nitrogens with zero attached hydrogens (tertiary/aromatic N) is 3. The number of nitrogens with one attached hydrogen (secondary N) is 2. The number of phenolic OH excluding ortho intramolecular Hbond substituents is 1. The predicted molar refractivity (Wildman–Crippen MR) is 186 cm³/mol. The van der Waals surface area contributed by atoms with Crippen molar-refractivity contribution in [1.29, 1.82) is 5.41 Å². The number of amides is 2. The lowest BCUT2D eigenvalue weighted by molar-refractivity contribution is -0.122. The number of allylic oxidation sites excluding steroid dienone is 1. The average molecular weight is 637 g/mol. The van der Waals surface area contributed by atoms with Gasteiger partial charge in [0.05, 0.1) is 11.6 Å². The highest BCUT2D eigenvalue weighted by molar-refractivity contribution is 6.26. The van der Waals surface area contributed by atoms with E-state index < -0.39 is 5.91 Å². The molecule has 0 spiro atoms. The lowest BCUT2D eigenvalue weighted by Crippen LogP contribution is -2.53. The van der Waals surface area contributed by atoms with E-state index in [1.54, 1.807) is 25.2 Å². The van der Waals surface area contributed by atoms with E-state index in [4.69, 9.17) is 11.1 Å². The smallest absolute Gasteiger partial charge is 0.249 e. The largest absolute Gasteiger partial charge is 0.507 e. The summed E-state index contributed by atoms with van der Waals surface area (Å²) < 4.78 is 0. The fourth-order valence-electron chi connectivity index (χ4n) is 6.68. The maximum atomic E-state index is 12.4. The summed E-state index contributed by atoms with van der Waals surface area (Å²) in [5, 5.41) is 21.2. The maximum absolute atomic E-state index is 12.4. The molecule has 2 fully saturated rings. The Morgan fingerprint density at radius 1 is 0.915 bits per heavy atom. The van der Waals surface area contributed by atoms with E-state index in [1.165, 1.54) is 12.1 Å². The number of hydrogen-bond acceptors (Lipinski definition) is 8. The van der Waals surface area contributed by atoms with Crippen molar-refractivity contribution in [3.05, 3.63) is 95.6 Å². The van der Waals surface area contributed by atoms with Crippen molar-refractivity contribution in [2.45, 2.75) is 37.6 Å². The van der Waals surface area contributed by atoms with E-state index >= 15 is 0 Å². The number of nitrogens with two attached hydrogens (primary N) is 1. The fourth-order valence-corrected chi connectivity index (χ4v) is 6.68. The number of primary amides is 1. The van der Waals surface area contributed by atoms with E-state index in [0.717, 1.165) is 75.3 Å². The Morgan fingerprint density at radius 2 is 1.51 bits per heavy atom. The molecule has 10 heteroatoms. The molecule has 1 atom stereocenters. The van der Waals surface area contributed by atoms with Crippen molar-refractivity contribution in [2.75, 3.05) is 56.1 Å². The molecule has 0 bridgehead atoms. The highest BCUT2D eigenvalue weighted by Gasteiger charge is 2.28. The van der Waals surface area contributed by atoms with Gasteiger partial charge < -0.3 is 36.2 Å². The third-order valence-corrected chi connectivity index (χ3v) is 9.38. The third kappa shape index (κ3) is 8.07. The van der Waals surface area contributed by atoms with Crippen molar-refractivity contribution in [3.63, 3.8) is 0 Å². The Hall–Kier alpha value is -4.96. The van der Waals surface area contributed by atoms with Gasteiger partial charge in [0.2, 0.25) is 11.8 Å². The number of phenols is 1. The average Bonchev–Trinajstić information content (AvgIpc) is 3.11. The zero-order valence-corrected chi connectivity index (χ0v) is 26.9. The molecule has 0 saturated carbocycles. The van der Waals surface area contributed by atoms with E-state index in [2.05, 4.69) is 32.1 Å². The Labute approximate surface area is 276 Å². The van der Waals surface area contributed by atoms with Crippen LogP contribution in [-0.4, -0.2) is 86.2 Å². The highest BCUT2D eigenvalue weighted by Crippen LogP contribution is 2.28. The zero-order valence-electron chi connectivity index (χ0n) is 26.9. The topological polar surface area (TPSA) is 143 Å². The number of aldehydes is 1. The summed E-state index contributed by atoms with van der Waals surface area (Å²) in [5.41, 5.74) is 10.1. The molecule has 10 nitrogen and oxygen atoms in total. The molecule has 5 rings (SSSR count). The molecule has 0 radical (unpaired) electrons. The molecule has 5 N–H and O–H groups in total. The first-order valence-electron chi connectivity index (χ1n) is 16.3.